The van der Waals surface area contributed by atoms with Gasteiger partial charge in [0, 0.05) is 42.8 Å². The van der Waals surface area contributed by atoms with Crippen molar-refractivity contribution in [3.63, 3.8) is 0 Å². The molecule has 0 N–H and O–H groups in total. The topological polar surface area (TPSA) is 15.7 Å². The lowest BCUT2D eigenvalue weighted by molar-refractivity contribution is 0.477. The van der Waals surface area contributed by atoms with Crippen molar-refractivity contribution in [3.05, 3.63) is 163 Å². The molecule has 5 heteroatoms. The van der Waals surface area contributed by atoms with Gasteiger partial charge < -0.3 is 14.4 Å². The summed E-state index contributed by atoms with van der Waals surface area (Å²) < 4.78 is 9.34. The van der Waals surface area contributed by atoms with E-state index in [0.717, 1.165) is 22.9 Å². The summed E-state index contributed by atoms with van der Waals surface area (Å²) in [4.78, 5) is 5.08. The van der Waals surface area contributed by atoms with Crippen molar-refractivity contribution in [2.75, 3.05) is 9.71 Å². The molecule has 1 aromatic heterocycles. The number of hydrogen-bond donors (Lipinski definition) is 0. The zero-order chi connectivity index (χ0) is 34.1. The average molecular weight is 681 g/mol. The Bertz CT molecular complexity index is 3000. The van der Waals surface area contributed by atoms with Gasteiger partial charge in [0.2, 0.25) is 0 Å². The summed E-state index contributed by atoms with van der Waals surface area (Å²) in [7, 11) is 0. The molecule has 8 aromatic carbocycles. The quantitative estimate of drug-likeness (QED) is 0.169. The number of thiophene rings is 1. The van der Waals surface area contributed by atoms with Crippen molar-refractivity contribution in [1.29, 1.82) is 0 Å². The molecule has 12 rings (SSSR count). The van der Waals surface area contributed by atoms with Crippen molar-refractivity contribution >= 4 is 88.5 Å². The molecule has 9 aromatic rings. The van der Waals surface area contributed by atoms with Gasteiger partial charge in [-0.15, -0.1) is 11.3 Å². The maximum absolute atomic E-state index is 6.72. The van der Waals surface area contributed by atoms with E-state index in [1.165, 1.54) is 86.7 Å². The smallest absolute Gasteiger partial charge is 0.333 e. The third-order valence-electron chi connectivity index (χ3n) is 11.3. The zero-order valence-electron chi connectivity index (χ0n) is 28.3. The van der Waals surface area contributed by atoms with E-state index in [1.54, 1.807) is 0 Å². The number of rotatable bonds is 2. The van der Waals surface area contributed by atoms with Crippen LogP contribution in [0.5, 0.6) is 11.5 Å². The summed E-state index contributed by atoms with van der Waals surface area (Å²) in [5.41, 5.74) is 14.6. The van der Waals surface area contributed by atoms with Gasteiger partial charge in [-0.1, -0.05) is 91.0 Å². The van der Waals surface area contributed by atoms with Crippen LogP contribution >= 0.6 is 11.3 Å². The van der Waals surface area contributed by atoms with Crippen molar-refractivity contribution in [1.82, 2.24) is 0 Å². The van der Waals surface area contributed by atoms with Gasteiger partial charge in [0.05, 0.1) is 11.4 Å². The van der Waals surface area contributed by atoms with Gasteiger partial charge in [-0.3, -0.25) is 0 Å². The highest BCUT2D eigenvalue weighted by Gasteiger charge is 2.47. The van der Waals surface area contributed by atoms with E-state index in [0.29, 0.717) is 0 Å². The van der Waals surface area contributed by atoms with E-state index in [-0.39, 0.29) is 6.85 Å². The summed E-state index contributed by atoms with van der Waals surface area (Å²) >= 11 is 1.87. The van der Waals surface area contributed by atoms with Gasteiger partial charge in [-0.25, -0.2) is 0 Å². The van der Waals surface area contributed by atoms with Crippen LogP contribution in [-0.4, -0.2) is 6.85 Å². The lowest BCUT2D eigenvalue weighted by Crippen LogP contribution is -2.61. The number of para-hydroxylation sites is 3. The first-order chi connectivity index (χ1) is 25.7. The molecule has 0 saturated carbocycles. The summed E-state index contributed by atoms with van der Waals surface area (Å²) in [6, 6.07) is 58.2. The van der Waals surface area contributed by atoms with Crippen LogP contribution in [0.4, 0.5) is 28.4 Å². The van der Waals surface area contributed by atoms with Crippen molar-refractivity contribution < 1.29 is 4.74 Å². The van der Waals surface area contributed by atoms with Gasteiger partial charge in [0.1, 0.15) is 0 Å². The van der Waals surface area contributed by atoms with E-state index in [9.17, 15) is 0 Å². The summed E-state index contributed by atoms with van der Waals surface area (Å²) in [5, 5.41) is 5.08. The van der Waals surface area contributed by atoms with Gasteiger partial charge in [0.15, 0.2) is 11.5 Å². The Hall–Kier alpha value is -6.30. The highest BCUT2D eigenvalue weighted by Crippen LogP contribution is 2.55. The third-order valence-corrected chi connectivity index (χ3v) is 12.5. The van der Waals surface area contributed by atoms with Crippen LogP contribution in [0, 0.1) is 6.92 Å². The summed E-state index contributed by atoms with van der Waals surface area (Å²) in [6.07, 6.45) is 0. The molecule has 0 unspecified atom stereocenters. The molecular weight excluding hydrogens is 651 g/mol. The van der Waals surface area contributed by atoms with Gasteiger partial charge in [-0.05, 0) is 118 Å². The van der Waals surface area contributed by atoms with Crippen LogP contribution in [0.2, 0.25) is 0 Å². The normalized spacial score (nSPS) is 13.5. The second-order valence-electron chi connectivity index (χ2n) is 14.1. The average Bonchev–Trinajstić information content (AvgIpc) is 3.56. The molecule has 0 amide bonds. The maximum atomic E-state index is 6.72. The maximum Gasteiger partial charge on any atom is 0.333 e. The Balaban J connectivity index is 1.23. The molecule has 0 atom stereocenters. The van der Waals surface area contributed by atoms with Crippen LogP contribution in [0.25, 0.3) is 53.2 Å². The predicted molar refractivity (Wildman–Crippen MR) is 221 cm³/mol. The molecule has 0 aliphatic carbocycles. The Morgan fingerprint density at radius 3 is 2.23 bits per heavy atom. The summed E-state index contributed by atoms with van der Waals surface area (Å²) in [6.45, 7) is 2.13. The minimum Gasteiger partial charge on any atom is -0.453 e. The molecule has 52 heavy (non-hydrogen) atoms. The second-order valence-corrected chi connectivity index (χ2v) is 15.2. The molecule has 3 aliphatic rings. The van der Waals surface area contributed by atoms with E-state index in [2.05, 4.69) is 174 Å². The first kappa shape index (κ1) is 28.4. The molecule has 0 bridgehead atoms. The molecule has 0 radical (unpaired) electrons. The minimum atomic E-state index is -0.0907. The number of benzene rings is 8. The SMILES string of the molecule is Cc1ccccc1-c1cc2c3c(c1)N1c4ccccc4Oc4cccc(c41)B3N(c1ccc3sc4ccccc4c3c1)c1cc3ccccc3cc1-2. The van der Waals surface area contributed by atoms with E-state index in [1.807, 2.05) is 11.3 Å². The highest BCUT2D eigenvalue weighted by atomic mass is 32.1. The van der Waals surface area contributed by atoms with Crippen LogP contribution < -0.4 is 25.4 Å². The zero-order valence-corrected chi connectivity index (χ0v) is 29.1. The first-order valence-electron chi connectivity index (χ1n) is 17.9. The molecule has 3 nitrogen and oxygen atoms in total. The number of ether oxygens (including phenoxy) is 1. The summed E-state index contributed by atoms with van der Waals surface area (Å²) in [5.74, 6) is 1.75. The fraction of sp³-hybridized carbons (Fsp3) is 0.0213. The largest absolute Gasteiger partial charge is 0.453 e. The van der Waals surface area contributed by atoms with Crippen LogP contribution in [-0.2, 0) is 0 Å². The van der Waals surface area contributed by atoms with Crippen LogP contribution in [0.15, 0.2) is 158 Å². The fourth-order valence-electron chi connectivity index (χ4n) is 9.04. The molecule has 0 spiro atoms. The molecule has 0 saturated heterocycles. The molecule has 3 aliphatic heterocycles. The van der Waals surface area contributed by atoms with Crippen LogP contribution in [0.1, 0.15) is 5.56 Å². The van der Waals surface area contributed by atoms with E-state index < -0.39 is 0 Å². The number of anilines is 5. The number of hydrogen-bond acceptors (Lipinski definition) is 4. The van der Waals surface area contributed by atoms with E-state index >= 15 is 0 Å². The highest BCUT2D eigenvalue weighted by molar-refractivity contribution is 7.25. The van der Waals surface area contributed by atoms with Crippen molar-refractivity contribution in [2.45, 2.75) is 6.92 Å². The lowest BCUT2D eigenvalue weighted by atomic mass is 9.43. The number of aryl methyl sites for hydroxylation is 1. The van der Waals surface area contributed by atoms with Crippen molar-refractivity contribution in [3.8, 4) is 33.8 Å². The number of fused-ring (bicyclic) bond motifs is 10. The second kappa shape index (κ2) is 10.4. The lowest BCUT2D eigenvalue weighted by Gasteiger charge is -2.47. The molecular formula is C47H29BN2OS. The van der Waals surface area contributed by atoms with Gasteiger partial charge >= 0.3 is 6.85 Å². The predicted octanol–water partition coefficient (Wildman–Crippen LogP) is 12.0. The van der Waals surface area contributed by atoms with Crippen LogP contribution in [0.3, 0.4) is 0 Å². The van der Waals surface area contributed by atoms with Gasteiger partial charge in [0.25, 0.3) is 0 Å². The van der Waals surface area contributed by atoms with E-state index in [4.69, 9.17) is 4.74 Å². The fourth-order valence-corrected chi connectivity index (χ4v) is 10.1. The number of nitrogens with zero attached hydrogens (tertiary/aromatic N) is 2. The minimum absolute atomic E-state index is 0.0907. The Morgan fingerprint density at radius 2 is 1.31 bits per heavy atom. The monoisotopic (exact) mass is 680 g/mol. The molecule has 0 fully saturated rings. The standard InChI is InChI=1S/C47H29BN2OS/c1-28-11-2-5-14-33(28)31-24-37-35-23-29-12-3-4-13-30(29)25-40(35)50(32-21-22-45-36(27-32)34-15-6-9-20-44(34)52-45)48-38-16-10-19-43-47(38)49(41(26-31)46(37)48)39-17-7-8-18-42(39)51-43/h2-27H,1H3. The molecule has 242 valence electrons. The Morgan fingerprint density at radius 1 is 0.538 bits per heavy atom. The Labute approximate surface area is 305 Å². The Kier molecular flexibility index (Phi) is 5.67. The first-order valence-corrected chi connectivity index (χ1v) is 18.7. The van der Waals surface area contributed by atoms with Gasteiger partial charge in [-0.2, -0.15) is 0 Å². The molecule has 4 heterocycles. The third kappa shape index (κ3) is 3.81. The van der Waals surface area contributed by atoms with Crippen molar-refractivity contribution in [2.24, 2.45) is 0 Å².